The zero-order valence-corrected chi connectivity index (χ0v) is 10.6. The molecule has 0 saturated carbocycles. The molecular weight excluding hydrogens is 258 g/mol. The number of nitrogens with zero attached hydrogens (tertiary/aromatic N) is 4. The molecule has 3 aromatic rings. The van der Waals surface area contributed by atoms with Crippen molar-refractivity contribution in [1.82, 2.24) is 24.1 Å². The summed E-state index contributed by atoms with van der Waals surface area (Å²) < 4.78 is 3.85. The van der Waals surface area contributed by atoms with Crippen molar-refractivity contribution >= 4 is 39.7 Å². The van der Waals surface area contributed by atoms with Crippen molar-refractivity contribution in [3.8, 4) is 0 Å². The zero-order valence-electron chi connectivity index (χ0n) is 9.01. The lowest BCUT2D eigenvalue weighted by molar-refractivity contribution is 0.662. The van der Waals surface area contributed by atoms with Crippen LogP contribution >= 0.6 is 23.6 Å². The second-order valence-corrected chi connectivity index (χ2v) is 4.85. The van der Waals surface area contributed by atoms with Crippen LogP contribution in [0.5, 0.6) is 0 Å². The van der Waals surface area contributed by atoms with Crippen LogP contribution in [0.2, 0.25) is 0 Å². The fourth-order valence-electron chi connectivity index (χ4n) is 1.84. The Morgan fingerprint density at radius 2 is 2.41 bits per heavy atom. The van der Waals surface area contributed by atoms with Crippen molar-refractivity contribution in [3.63, 3.8) is 0 Å². The minimum absolute atomic E-state index is 0.107. The van der Waals surface area contributed by atoms with Gasteiger partial charge >= 0.3 is 0 Å². The summed E-state index contributed by atoms with van der Waals surface area (Å²) in [6.45, 7) is 2.62. The summed E-state index contributed by atoms with van der Waals surface area (Å²) in [6.07, 6.45) is 0.852. The molecule has 0 aliphatic heterocycles. The normalized spacial score (nSPS) is 11.6. The average molecular weight is 267 g/mol. The highest BCUT2D eigenvalue weighted by Crippen LogP contribution is 2.16. The summed E-state index contributed by atoms with van der Waals surface area (Å²) in [4.78, 5) is 17.1. The van der Waals surface area contributed by atoms with E-state index in [1.165, 1.54) is 11.3 Å². The Morgan fingerprint density at radius 1 is 1.59 bits per heavy atom. The summed E-state index contributed by atoms with van der Waals surface area (Å²) >= 11 is 6.56. The minimum Gasteiger partial charge on any atom is -0.275 e. The summed E-state index contributed by atoms with van der Waals surface area (Å²) in [7, 11) is 0. The molecule has 0 spiro atoms. The van der Waals surface area contributed by atoms with Crippen molar-refractivity contribution in [2.24, 2.45) is 0 Å². The van der Waals surface area contributed by atoms with Gasteiger partial charge in [-0.05, 0) is 18.6 Å². The number of aryl methyl sites for hydroxylation is 1. The van der Waals surface area contributed by atoms with Gasteiger partial charge in [-0.1, -0.05) is 6.92 Å². The number of nitrogens with one attached hydrogen (secondary N) is 1. The lowest BCUT2D eigenvalue weighted by Crippen LogP contribution is -2.23. The molecule has 0 unspecified atom stereocenters. The lowest BCUT2D eigenvalue weighted by atomic mass is 10.4. The monoisotopic (exact) mass is 267 g/mol. The summed E-state index contributed by atoms with van der Waals surface area (Å²) in [5.74, 6) is 0.554. The topological polar surface area (TPSA) is 68.0 Å². The molecule has 0 atom stereocenters. The van der Waals surface area contributed by atoms with Gasteiger partial charge in [0.15, 0.2) is 5.52 Å². The number of fused-ring (bicyclic) bond motifs is 3. The molecule has 17 heavy (non-hydrogen) atoms. The second kappa shape index (κ2) is 3.74. The fraction of sp³-hybridized carbons (Fsp3) is 0.333. The van der Waals surface area contributed by atoms with Gasteiger partial charge in [0, 0.05) is 6.54 Å². The first-order chi connectivity index (χ1) is 8.24. The Bertz CT molecular complexity index is 808. The van der Waals surface area contributed by atoms with Crippen LogP contribution in [-0.4, -0.2) is 24.1 Å². The van der Waals surface area contributed by atoms with Crippen LogP contribution in [-0.2, 0) is 6.54 Å². The van der Waals surface area contributed by atoms with Crippen LogP contribution in [0.15, 0.2) is 10.3 Å². The number of aromatic amines is 1. The third-order valence-corrected chi connectivity index (χ3v) is 3.63. The fourth-order valence-corrected chi connectivity index (χ4v) is 2.91. The van der Waals surface area contributed by atoms with E-state index in [4.69, 9.17) is 12.2 Å². The molecule has 1 N–H and O–H groups in total. The first-order valence-corrected chi connectivity index (χ1v) is 6.46. The zero-order chi connectivity index (χ0) is 12.0. The van der Waals surface area contributed by atoms with Gasteiger partial charge in [-0.3, -0.25) is 9.36 Å². The Morgan fingerprint density at radius 3 is 3.18 bits per heavy atom. The van der Waals surface area contributed by atoms with Crippen LogP contribution in [0.25, 0.3) is 16.1 Å². The molecule has 8 heteroatoms. The highest BCUT2D eigenvalue weighted by atomic mass is 32.1. The van der Waals surface area contributed by atoms with Gasteiger partial charge in [0.05, 0.1) is 5.51 Å². The maximum atomic E-state index is 12.2. The molecule has 88 valence electrons. The molecule has 3 heterocycles. The molecular formula is C9H9N5OS2. The van der Waals surface area contributed by atoms with Crippen LogP contribution in [0.3, 0.4) is 0 Å². The van der Waals surface area contributed by atoms with E-state index in [1.807, 2.05) is 6.92 Å². The molecule has 0 aromatic carbocycles. The standard InChI is InChI=1S/C9H9N5OS2/c1-2-3-13-6(15)5-7(17-4-10-5)14-8(13)11-12-9(14)16/h4H,2-3H2,1H3,(H,12,16). The van der Waals surface area contributed by atoms with Gasteiger partial charge in [0.1, 0.15) is 4.83 Å². The van der Waals surface area contributed by atoms with Crippen LogP contribution in [0.4, 0.5) is 0 Å². The number of H-pyrrole nitrogens is 1. The van der Waals surface area contributed by atoms with Gasteiger partial charge in [0.25, 0.3) is 5.56 Å². The average Bonchev–Trinajstić information content (AvgIpc) is 2.90. The predicted octanol–water partition coefficient (Wildman–Crippen LogP) is 1.57. The SMILES string of the molecule is CCCn1c(=O)c2ncsc2n2c(=S)[nH]nc12. The Labute approximate surface area is 105 Å². The number of thiazole rings is 1. The molecule has 0 aliphatic rings. The molecule has 3 rings (SSSR count). The molecule has 0 radical (unpaired) electrons. The second-order valence-electron chi connectivity index (χ2n) is 3.63. The molecule has 0 fully saturated rings. The molecule has 0 bridgehead atoms. The van der Waals surface area contributed by atoms with Gasteiger partial charge in [-0.2, -0.15) is 0 Å². The predicted molar refractivity (Wildman–Crippen MR) is 68.1 cm³/mol. The largest absolute Gasteiger partial charge is 0.282 e. The molecule has 6 nitrogen and oxygen atoms in total. The van der Waals surface area contributed by atoms with Gasteiger partial charge in [-0.15, -0.1) is 16.4 Å². The van der Waals surface area contributed by atoms with E-state index in [0.717, 1.165) is 11.3 Å². The summed E-state index contributed by atoms with van der Waals surface area (Å²) in [5.41, 5.74) is 1.99. The van der Waals surface area contributed by atoms with Crippen molar-refractivity contribution in [1.29, 1.82) is 0 Å². The van der Waals surface area contributed by atoms with E-state index in [1.54, 1.807) is 14.5 Å². The first-order valence-electron chi connectivity index (χ1n) is 5.17. The number of aromatic nitrogens is 5. The summed E-state index contributed by atoms with van der Waals surface area (Å²) in [6, 6.07) is 0. The smallest absolute Gasteiger partial charge is 0.275 e. The van der Waals surface area contributed by atoms with Crippen molar-refractivity contribution in [2.45, 2.75) is 19.9 Å². The number of hydrogen-bond acceptors (Lipinski definition) is 5. The molecule has 0 saturated heterocycles. The van der Waals surface area contributed by atoms with Gasteiger partial charge in [-0.25, -0.2) is 14.5 Å². The van der Waals surface area contributed by atoms with E-state index in [2.05, 4.69) is 15.2 Å². The third-order valence-electron chi connectivity index (χ3n) is 2.54. The van der Waals surface area contributed by atoms with E-state index in [-0.39, 0.29) is 5.56 Å². The Kier molecular flexibility index (Phi) is 2.33. The van der Waals surface area contributed by atoms with Crippen LogP contribution in [0.1, 0.15) is 13.3 Å². The number of rotatable bonds is 2. The first kappa shape index (κ1) is 10.6. The van der Waals surface area contributed by atoms with Crippen molar-refractivity contribution < 1.29 is 0 Å². The van der Waals surface area contributed by atoms with E-state index in [0.29, 0.717) is 22.6 Å². The third kappa shape index (κ3) is 1.37. The van der Waals surface area contributed by atoms with Crippen molar-refractivity contribution in [3.05, 3.63) is 20.6 Å². The summed E-state index contributed by atoms with van der Waals surface area (Å²) in [5, 5.41) is 6.83. The van der Waals surface area contributed by atoms with Crippen LogP contribution < -0.4 is 5.56 Å². The Hall–Kier alpha value is -1.54. The highest BCUT2D eigenvalue weighted by molar-refractivity contribution is 7.71. The minimum atomic E-state index is -0.107. The maximum absolute atomic E-state index is 12.2. The molecule has 3 aromatic heterocycles. The van der Waals surface area contributed by atoms with E-state index < -0.39 is 0 Å². The number of hydrogen-bond donors (Lipinski definition) is 1. The van der Waals surface area contributed by atoms with E-state index in [9.17, 15) is 4.79 Å². The lowest BCUT2D eigenvalue weighted by Gasteiger charge is -2.05. The van der Waals surface area contributed by atoms with Crippen LogP contribution in [0, 0.1) is 4.77 Å². The van der Waals surface area contributed by atoms with Gasteiger partial charge in [0.2, 0.25) is 10.5 Å². The van der Waals surface area contributed by atoms with Crippen molar-refractivity contribution in [2.75, 3.05) is 0 Å². The quantitative estimate of drug-likeness (QED) is 0.716. The molecule has 0 amide bonds. The Balaban J connectivity index is 2.63. The molecule has 0 aliphatic carbocycles. The maximum Gasteiger partial charge on any atom is 0.282 e. The highest BCUT2D eigenvalue weighted by Gasteiger charge is 2.14. The van der Waals surface area contributed by atoms with Gasteiger partial charge < -0.3 is 0 Å². The van der Waals surface area contributed by atoms with E-state index >= 15 is 0 Å².